The van der Waals surface area contributed by atoms with Crippen molar-refractivity contribution in [2.24, 2.45) is 0 Å². The number of nitrogens with two attached hydrogens (primary N) is 1. The fourth-order valence-corrected chi connectivity index (χ4v) is 2.16. The van der Waals surface area contributed by atoms with E-state index in [1.807, 2.05) is 0 Å². The summed E-state index contributed by atoms with van der Waals surface area (Å²) in [5, 5.41) is 9.01. The predicted molar refractivity (Wildman–Crippen MR) is 59.3 cm³/mol. The zero-order valence-electron chi connectivity index (χ0n) is 7.92. The molecule has 2 rings (SSSR count). The van der Waals surface area contributed by atoms with Gasteiger partial charge >= 0.3 is 5.97 Å². The zero-order valence-corrected chi connectivity index (χ0v) is 9.50. The van der Waals surface area contributed by atoms with Gasteiger partial charge < -0.3 is 15.6 Å². The molecular weight excluding hydrogens is 262 g/mol. The summed E-state index contributed by atoms with van der Waals surface area (Å²) in [4.78, 5) is 11.0. The van der Waals surface area contributed by atoms with Crippen LogP contribution in [0.1, 0.15) is 22.3 Å². The number of anilines is 1. The second-order valence-electron chi connectivity index (χ2n) is 3.38. The average molecular weight is 272 g/mol. The maximum absolute atomic E-state index is 11.0. The van der Waals surface area contributed by atoms with Gasteiger partial charge in [-0.1, -0.05) is 0 Å². The van der Waals surface area contributed by atoms with E-state index in [0.717, 1.165) is 18.4 Å². The van der Waals surface area contributed by atoms with E-state index in [-0.39, 0.29) is 5.56 Å². The second-order valence-corrected chi connectivity index (χ2v) is 4.24. The van der Waals surface area contributed by atoms with Crippen molar-refractivity contribution in [2.75, 3.05) is 12.3 Å². The van der Waals surface area contributed by atoms with E-state index in [0.29, 0.717) is 22.5 Å². The SMILES string of the molecule is Nc1c(Br)cc(C(=O)O)c2c1CCCO2. The first-order chi connectivity index (χ1) is 7.11. The van der Waals surface area contributed by atoms with Crippen LogP contribution in [0.25, 0.3) is 0 Å². The standard InChI is InChI=1S/C10H10BrNO3/c11-7-4-6(10(13)14)9-5(8(7)12)2-1-3-15-9/h4H,1-3,12H2,(H,13,14). The number of halogens is 1. The molecule has 0 atom stereocenters. The third-order valence-electron chi connectivity index (χ3n) is 2.42. The molecule has 0 radical (unpaired) electrons. The van der Waals surface area contributed by atoms with Gasteiger partial charge in [-0.05, 0) is 34.8 Å². The summed E-state index contributed by atoms with van der Waals surface area (Å²) in [7, 11) is 0. The quantitative estimate of drug-likeness (QED) is 0.767. The number of carbonyl (C=O) groups is 1. The Hall–Kier alpha value is -1.23. The number of carboxylic acids is 1. The number of rotatable bonds is 1. The summed E-state index contributed by atoms with van der Waals surface area (Å²) in [5.41, 5.74) is 7.40. The van der Waals surface area contributed by atoms with E-state index in [1.165, 1.54) is 6.07 Å². The Morgan fingerprint density at radius 1 is 1.60 bits per heavy atom. The minimum absolute atomic E-state index is 0.172. The molecule has 80 valence electrons. The fraction of sp³-hybridized carbons (Fsp3) is 0.300. The summed E-state index contributed by atoms with van der Waals surface area (Å²) in [5.74, 6) is -0.566. The van der Waals surface area contributed by atoms with E-state index in [4.69, 9.17) is 15.6 Å². The van der Waals surface area contributed by atoms with Crippen LogP contribution >= 0.6 is 15.9 Å². The van der Waals surface area contributed by atoms with Crippen molar-refractivity contribution < 1.29 is 14.6 Å². The molecule has 4 nitrogen and oxygen atoms in total. The van der Waals surface area contributed by atoms with Crippen molar-refractivity contribution in [3.05, 3.63) is 21.7 Å². The third kappa shape index (κ3) is 1.67. The molecule has 1 aromatic carbocycles. The van der Waals surface area contributed by atoms with Crippen molar-refractivity contribution in [3.63, 3.8) is 0 Å². The highest BCUT2D eigenvalue weighted by Crippen LogP contribution is 2.38. The molecule has 0 saturated heterocycles. The van der Waals surface area contributed by atoms with Crippen molar-refractivity contribution >= 4 is 27.6 Å². The van der Waals surface area contributed by atoms with Gasteiger partial charge in [0.25, 0.3) is 0 Å². The Morgan fingerprint density at radius 2 is 2.33 bits per heavy atom. The van der Waals surface area contributed by atoms with Crippen LogP contribution in [-0.2, 0) is 6.42 Å². The number of benzene rings is 1. The molecule has 0 aliphatic carbocycles. The third-order valence-corrected chi connectivity index (χ3v) is 3.08. The average Bonchev–Trinajstić information content (AvgIpc) is 2.23. The van der Waals surface area contributed by atoms with Gasteiger partial charge in [-0.2, -0.15) is 0 Å². The number of hydrogen-bond acceptors (Lipinski definition) is 3. The molecule has 1 heterocycles. The van der Waals surface area contributed by atoms with Gasteiger partial charge in [-0.3, -0.25) is 0 Å². The highest BCUT2D eigenvalue weighted by Gasteiger charge is 2.23. The van der Waals surface area contributed by atoms with Gasteiger partial charge in [0.1, 0.15) is 11.3 Å². The lowest BCUT2D eigenvalue weighted by atomic mass is 10.0. The van der Waals surface area contributed by atoms with E-state index >= 15 is 0 Å². The molecule has 0 fully saturated rings. The Labute approximate surface area is 95.2 Å². The molecule has 15 heavy (non-hydrogen) atoms. The molecule has 1 aromatic rings. The predicted octanol–water partition coefficient (Wildman–Crippen LogP) is 2.05. The molecule has 0 saturated carbocycles. The van der Waals surface area contributed by atoms with Gasteiger partial charge in [0.15, 0.2) is 0 Å². The molecule has 0 spiro atoms. The first-order valence-electron chi connectivity index (χ1n) is 4.58. The van der Waals surface area contributed by atoms with E-state index in [2.05, 4.69) is 15.9 Å². The van der Waals surface area contributed by atoms with Crippen molar-refractivity contribution in [3.8, 4) is 5.75 Å². The van der Waals surface area contributed by atoms with Crippen molar-refractivity contribution in [1.82, 2.24) is 0 Å². The number of ether oxygens (including phenoxy) is 1. The van der Waals surface area contributed by atoms with Crippen LogP contribution in [0.15, 0.2) is 10.5 Å². The highest BCUT2D eigenvalue weighted by atomic mass is 79.9. The molecule has 5 heteroatoms. The lowest BCUT2D eigenvalue weighted by Gasteiger charge is -2.21. The Bertz CT molecular complexity index is 431. The highest BCUT2D eigenvalue weighted by molar-refractivity contribution is 9.10. The maximum atomic E-state index is 11.0. The van der Waals surface area contributed by atoms with Gasteiger partial charge in [0, 0.05) is 10.0 Å². The number of nitrogen functional groups attached to an aromatic ring is 1. The summed E-state index contributed by atoms with van der Waals surface area (Å²) >= 11 is 3.25. The first kappa shape index (κ1) is 10.3. The van der Waals surface area contributed by atoms with Gasteiger partial charge in [0.2, 0.25) is 0 Å². The lowest BCUT2D eigenvalue weighted by molar-refractivity contribution is 0.0691. The summed E-state index contributed by atoms with van der Waals surface area (Å²) in [6, 6.07) is 1.49. The Morgan fingerprint density at radius 3 is 3.00 bits per heavy atom. The zero-order chi connectivity index (χ0) is 11.0. The normalized spacial score (nSPS) is 14.2. The molecule has 0 unspecified atom stereocenters. The monoisotopic (exact) mass is 271 g/mol. The van der Waals surface area contributed by atoms with Crippen LogP contribution in [0.5, 0.6) is 5.75 Å². The van der Waals surface area contributed by atoms with Gasteiger partial charge in [-0.25, -0.2) is 4.79 Å². The van der Waals surface area contributed by atoms with Crippen LogP contribution in [0.4, 0.5) is 5.69 Å². The van der Waals surface area contributed by atoms with Crippen molar-refractivity contribution in [2.45, 2.75) is 12.8 Å². The lowest BCUT2D eigenvalue weighted by Crippen LogP contribution is -2.15. The molecule has 0 bridgehead atoms. The molecular formula is C10H10BrNO3. The summed E-state index contributed by atoms with van der Waals surface area (Å²) < 4.78 is 5.98. The van der Waals surface area contributed by atoms with Crippen LogP contribution in [0, 0.1) is 0 Å². The van der Waals surface area contributed by atoms with Crippen LogP contribution in [-0.4, -0.2) is 17.7 Å². The van der Waals surface area contributed by atoms with E-state index in [9.17, 15) is 4.79 Å². The minimum Gasteiger partial charge on any atom is -0.492 e. The van der Waals surface area contributed by atoms with Crippen LogP contribution < -0.4 is 10.5 Å². The number of fused-ring (bicyclic) bond motifs is 1. The maximum Gasteiger partial charge on any atom is 0.339 e. The van der Waals surface area contributed by atoms with Crippen LogP contribution in [0.2, 0.25) is 0 Å². The largest absolute Gasteiger partial charge is 0.492 e. The minimum atomic E-state index is -0.992. The number of carboxylic acid groups (broad SMARTS) is 1. The molecule has 0 amide bonds. The smallest absolute Gasteiger partial charge is 0.339 e. The fourth-order valence-electron chi connectivity index (χ4n) is 1.69. The second kappa shape index (κ2) is 3.73. The van der Waals surface area contributed by atoms with Gasteiger partial charge in [0.05, 0.1) is 12.3 Å². The number of hydrogen-bond donors (Lipinski definition) is 2. The van der Waals surface area contributed by atoms with Crippen molar-refractivity contribution in [1.29, 1.82) is 0 Å². The van der Waals surface area contributed by atoms with Gasteiger partial charge in [-0.15, -0.1) is 0 Å². The summed E-state index contributed by atoms with van der Waals surface area (Å²) in [6.45, 7) is 0.550. The Kier molecular flexibility index (Phi) is 2.56. The molecule has 3 N–H and O–H groups in total. The van der Waals surface area contributed by atoms with E-state index in [1.54, 1.807) is 0 Å². The summed E-state index contributed by atoms with van der Waals surface area (Å²) in [6.07, 6.45) is 1.63. The first-order valence-corrected chi connectivity index (χ1v) is 5.37. The topological polar surface area (TPSA) is 72.6 Å². The van der Waals surface area contributed by atoms with E-state index < -0.39 is 5.97 Å². The van der Waals surface area contributed by atoms with Crippen LogP contribution in [0.3, 0.4) is 0 Å². The number of aromatic carboxylic acids is 1. The molecule has 1 aliphatic rings. The molecule has 0 aromatic heterocycles. The molecule has 1 aliphatic heterocycles. The Balaban J connectivity index is 2.67.